The summed E-state index contributed by atoms with van der Waals surface area (Å²) < 4.78 is 4.82. The monoisotopic (exact) mass is 264 g/mol. The Kier molecular flexibility index (Phi) is 5.83. The molecule has 4 heteroatoms. The third kappa shape index (κ3) is 4.56. The van der Waals surface area contributed by atoms with Gasteiger partial charge in [0, 0.05) is 19.3 Å². The Hall–Kier alpha value is -1.55. The number of hydrogen-bond acceptors (Lipinski definition) is 4. The van der Waals surface area contributed by atoms with Crippen molar-refractivity contribution in [1.29, 1.82) is 0 Å². The lowest BCUT2D eigenvalue weighted by Gasteiger charge is -2.25. The highest BCUT2D eigenvalue weighted by atomic mass is 16.5. The van der Waals surface area contributed by atoms with Crippen molar-refractivity contribution in [3.63, 3.8) is 0 Å². The van der Waals surface area contributed by atoms with Crippen LogP contribution >= 0.6 is 0 Å². The Morgan fingerprint density at radius 1 is 1.32 bits per heavy atom. The number of ether oxygens (including phenoxy) is 1. The summed E-state index contributed by atoms with van der Waals surface area (Å²) in [4.78, 5) is 13.8. The first-order valence-electron chi connectivity index (χ1n) is 6.58. The van der Waals surface area contributed by atoms with Crippen molar-refractivity contribution >= 4 is 11.7 Å². The van der Waals surface area contributed by atoms with Crippen LogP contribution in [0.1, 0.15) is 18.1 Å². The number of anilines is 1. The predicted molar refractivity (Wildman–Crippen MR) is 78.7 cm³/mol. The number of rotatable bonds is 6. The van der Waals surface area contributed by atoms with E-state index in [1.807, 2.05) is 14.0 Å². The van der Waals surface area contributed by atoms with E-state index in [4.69, 9.17) is 4.74 Å². The number of hydrogen-bond donors (Lipinski definition) is 1. The highest BCUT2D eigenvalue weighted by molar-refractivity contribution is 5.76. The van der Waals surface area contributed by atoms with E-state index in [0.717, 1.165) is 12.2 Å². The molecule has 0 aliphatic heterocycles. The fraction of sp³-hybridized carbons (Fsp3) is 0.533. The number of nitrogens with zero attached hydrogens (tertiary/aromatic N) is 1. The summed E-state index contributed by atoms with van der Waals surface area (Å²) >= 11 is 0. The van der Waals surface area contributed by atoms with Crippen LogP contribution in [-0.2, 0) is 9.53 Å². The van der Waals surface area contributed by atoms with Gasteiger partial charge in [-0.1, -0.05) is 13.0 Å². The number of carbonyl (C=O) groups is 1. The second kappa shape index (κ2) is 7.14. The molecule has 0 radical (unpaired) electrons. The summed E-state index contributed by atoms with van der Waals surface area (Å²) in [6.45, 7) is 7.45. The molecule has 0 fully saturated rings. The standard InChI is InChI=1S/C15H24N2O2/c1-6-16-14(15(18)19-5)10-17(4)13-8-11(2)7-12(3)9-13/h7-9,14,16H,6,10H2,1-5H3. The third-order valence-corrected chi connectivity index (χ3v) is 3.04. The van der Waals surface area contributed by atoms with Gasteiger partial charge in [0.15, 0.2) is 0 Å². The fourth-order valence-electron chi connectivity index (χ4n) is 2.16. The minimum absolute atomic E-state index is 0.224. The molecule has 1 aromatic rings. The molecule has 0 saturated heterocycles. The van der Waals surface area contributed by atoms with Crippen molar-refractivity contribution in [2.75, 3.05) is 32.1 Å². The fourth-order valence-corrected chi connectivity index (χ4v) is 2.16. The van der Waals surface area contributed by atoms with E-state index >= 15 is 0 Å². The van der Waals surface area contributed by atoms with Crippen molar-refractivity contribution in [2.24, 2.45) is 0 Å². The number of likely N-dealkylation sites (N-methyl/N-ethyl adjacent to an activating group) is 2. The highest BCUT2D eigenvalue weighted by Gasteiger charge is 2.20. The van der Waals surface area contributed by atoms with Gasteiger partial charge < -0.3 is 15.0 Å². The molecule has 0 aliphatic carbocycles. The van der Waals surface area contributed by atoms with Crippen molar-refractivity contribution in [3.8, 4) is 0 Å². The maximum absolute atomic E-state index is 11.7. The van der Waals surface area contributed by atoms with E-state index in [2.05, 4.69) is 42.3 Å². The molecule has 1 N–H and O–H groups in total. The van der Waals surface area contributed by atoms with E-state index in [0.29, 0.717) is 6.54 Å². The molecule has 0 aromatic heterocycles. The highest BCUT2D eigenvalue weighted by Crippen LogP contribution is 2.17. The van der Waals surface area contributed by atoms with Crippen LogP contribution in [0.4, 0.5) is 5.69 Å². The van der Waals surface area contributed by atoms with Gasteiger partial charge in [0.1, 0.15) is 6.04 Å². The van der Waals surface area contributed by atoms with Crippen LogP contribution in [0.5, 0.6) is 0 Å². The topological polar surface area (TPSA) is 41.6 Å². The van der Waals surface area contributed by atoms with E-state index in [9.17, 15) is 4.79 Å². The number of carbonyl (C=O) groups excluding carboxylic acids is 1. The number of aryl methyl sites for hydroxylation is 2. The van der Waals surface area contributed by atoms with Crippen molar-refractivity contribution in [3.05, 3.63) is 29.3 Å². The first-order chi connectivity index (χ1) is 8.97. The molecular weight excluding hydrogens is 240 g/mol. The minimum atomic E-state index is -0.305. The summed E-state index contributed by atoms with van der Waals surface area (Å²) in [5.41, 5.74) is 3.56. The van der Waals surface area contributed by atoms with Crippen LogP contribution in [0.2, 0.25) is 0 Å². The zero-order valence-corrected chi connectivity index (χ0v) is 12.5. The Labute approximate surface area is 115 Å². The van der Waals surface area contributed by atoms with Crippen LogP contribution < -0.4 is 10.2 Å². The molecule has 1 aromatic carbocycles. The van der Waals surface area contributed by atoms with Gasteiger partial charge in [-0.3, -0.25) is 4.79 Å². The molecule has 1 atom stereocenters. The van der Waals surface area contributed by atoms with Gasteiger partial charge in [0.2, 0.25) is 0 Å². The van der Waals surface area contributed by atoms with E-state index < -0.39 is 0 Å². The van der Waals surface area contributed by atoms with E-state index in [1.165, 1.54) is 18.2 Å². The van der Waals surface area contributed by atoms with Crippen LogP contribution in [0, 0.1) is 13.8 Å². The summed E-state index contributed by atoms with van der Waals surface area (Å²) in [7, 11) is 3.41. The van der Waals surface area contributed by atoms with E-state index in [-0.39, 0.29) is 12.0 Å². The number of methoxy groups -OCH3 is 1. The largest absolute Gasteiger partial charge is 0.468 e. The SMILES string of the molecule is CCNC(CN(C)c1cc(C)cc(C)c1)C(=O)OC. The smallest absolute Gasteiger partial charge is 0.324 e. The predicted octanol–water partition coefficient (Wildman–Crippen LogP) is 1.89. The molecule has 106 valence electrons. The van der Waals surface area contributed by atoms with Gasteiger partial charge >= 0.3 is 5.97 Å². The lowest BCUT2D eigenvalue weighted by atomic mass is 10.1. The molecule has 1 rings (SSSR count). The van der Waals surface area contributed by atoms with E-state index in [1.54, 1.807) is 0 Å². The quantitative estimate of drug-likeness (QED) is 0.797. The Bertz CT molecular complexity index is 412. The number of benzene rings is 1. The van der Waals surface area contributed by atoms with Gasteiger partial charge in [-0.25, -0.2) is 0 Å². The first kappa shape index (κ1) is 15.5. The van der Waals surface area contributed by atoms with Crippen LogP contribution in [0.25, 0.3) is 0 Å². The summed E-state index contributed by atoms with van der Waals surface area (Å²) in [6, 6.07) is 6.07. The van der Waals surface area contributed by atoms with Crippen molar-refractivity contribution in [2.45, 2.75) is 26.8 Å². The second-order valence-electron chi connectivity index (χ2n) is 4.86. The van der Waals surface area contributed by atoms with Gasteiger partial charge in [-0.05, 0) is 43.7 Å². The lowest BCUT2D eigenvalue weighted by Crippen LogP contribution is -2.45. The molecule has 0 bridgehead atoms. The second-order valence-corrected chi connectivity index (χ2v) is 4.86. The first-order valence-corrected chi connectivity index (χ1v) is 6.58. The lowest BCUT2D eigenvalue weighted by molar-refractivity contribution is -0.142. The zero-order chi connectivity index (χ0) is 14.4. The Balaban J connectivity index is 2.80. The van der Waals surface area contributed by atoms with Gasteiger partial charge in [0.25, 0.3) is 0 Å². The van der Waals surface area contributed by atoms with Crippen LogP contribution in [-0.4, -0.2) is 39.3 Å². The Morgan fingerprint density at radius 2 is 1.89 bits per heavy atom. The number of esters is 1. The average Bonchev–Trinajstić information content (AvgIpc) is 2.36. The molecule has 0 heterocycles. The number of nitrogens with one attached hydrogen (secondary N) is 1. The van der Waals surface area contributed by atoms with Gasteiger partial charge in [-0.15, -0.1) is 0 Å². The molecule has 0 aliphatic rings. The molecule has 0 amide bonds. The zero-order valence-electron chi connectivity index (χ0n) is 12.5. The molecule has 0 spiro atoms. The summed E-state index contributed by atoms with van der Waals surface area (Å²) in [5.74, 6) is -0.224. The van der Waals surface area contributed by atoms with Gasteiger partial charge in [-0.2, -0.15) is 0 Å². The van der Waals surface area contributed by atoms with Crippen molar-refractivity contribution < 1.29 is 9.53 Å². The maximum Gasteiger partial charge on any atom is 0.324 e. The van der Waals surface area contributed by atoms with Gasteiger partial charge in [0.05, 0.1) is 7.11 Å². The molecule has 1 unspecified atom stereocenters. The molecule has 0 saturated carbocycles. The summed E-state index contributed by atoms with van der Waals surface area (Å²) in [6.07, 6.45) is 0. The minimum Gasteiger partial charge on any atom is -0.468 e. The Morgan fingerprint density at radius 3 is 2.37 bits per heavy atom. The summed E-state index contributed by atoms with van der Waals surface area (Å²) in [5, 5.41) is 3.15. The average molecular weight is 264 g/mol. The molecular formula is C15H24N2O2. The normalized spacial score (nSPS) is 12.1. The molecule has 19 heavy (non-hydrogen) atoms. The maximum atomic E-state index is 11.7. The third-order valence-electron chi connectivity index (χ3n) is 3.04. The van der Waals surface area contributed by atoms with Crippen molar-refractivity contribution in [1.82, 2.24) is 5.32 Å². The molecule has 4 nitrogen and oxygen atoms in total. The van der Waals surface area contributed by atoms with Crippen LogP contribution in [0.15, 0.2) is 18.2 Å². The van der Waals surface area contributed by atoms with Crippen LogP contribution in [0.3, 0.4) is 0 Å².